The molecular weight excluding hydrogens is 370 g/mol. The molecule has 1 unspecified atom stereocenters. The third-order valence-corrected chi connectivity index (χ3v) is 5.75. The highest BCUT2D eigenvalue weighted by molar-refractivity contribution is 7.99. The Morgan fingerprint density at radius 3 is 2.29 bits per heavy atom. The maximum Gasteiger partial charge on any atom is 0.230 e. The summed E-state index contributed by atoms with van der Waals surface area (Å²) in [5, 5.41) is 3.12. The summed E-state index contributed by atoms with van der Waals surface area (Å²) in [6, 6.07) is 12.1. The number of benzene rings is 2. The number of aryl methyl sites for hydroxylation is 1. The standard InChI is InChI=1S/C23H31NO3S/c1-15(2)20-12-21(16(3)11-22(20)27-6)17(4)24-23(25)14-28-13-18-7-9-19(26-5)10-8-18/h7-12,15,17H,13-14H2,1-6H3,(H,24,25). The van der Waals surface area contributed by atoms with E-state index in [0.717, 1.165) is 33.9 Å². The van der Waals surface area contributed by atoms with E-state index < -0.39 is 0 Å². The summed E-state index contributed by atoms with van der Waals surface area (Å²) in [4.78, 5) is 12.4. The molecule has 2 aromatic rings. The molecule has 2 rings (SSSR count). The van der Waals surface area contributed by atoms with Gasteiger partial charge in [-0.3, -0.25) is 4.79 Å². The molecule has 0 aromatic heterocycles. The lowest BCUT2D eigenvalue weighted by Gasteiger charge is -2.21. The number of ether oxygens (including phenoxy) is 2. The van der Waals surface area contributed by atoms with Crippen LogP contribution in [0.3, 0.4) is 0 Å². The fourth-order valence-electron chi connectivity index (χ4n) is 3.15. The highest BCUT2D eigenvalue weighted by atomic mass is 32.2. The number of hydrogen-bond acceptors (Lipinski definition) is 4. The molecule has 0 saturated carbocycles. The summed E-state index contributed by atoms with van der Waals surface area (Å²) < 4.78 is 10.7. The molecule has 4 nitrogen and oxygen atoms in total. The van der Waals surface area contributed by atoms with Crippen LogP contribution in [-0.4, -0.2) is 25.9 Å². The molecular formula is C23H31NO3S. The SMILES string of the molecule is COc1ccc(CSCC(=O)NC(C)c2cc(C(C)C)c(OC)cc2C)cc1. The number of amides is 1. The van der Waals surface area contributed by atoms with E-state index in [2.05, 4.69) is 38.2 Å². The minimum Gasteiger partial charge on any atom is -0.497 e. The van der Waals surface area contributed by atoms with Gasteiger partial charge in [0.25, 0.3) is 0 Å². The summed E-state index contributed by atoms with van der Waals surface area (Å²) in [6.07, 6.45) is 0. The molecule has 1 N–H and O–H groups in total. The van der Waals surface area contributed by atoms with E-state index in [1.807, 2.05) is 31.2 Å². The molecule has 5 heteroatoms. The van der Waals surface area contributed by atoms with Crippen LogP contribution in [0.25, 0.3) is 0 Å². The second-order valence-electron chi connectivity index (χ2n) is 7.24. The Bertz CT molecular complexity index is 787. The molecule has 0 spiro atoms. The normalized spacial score (nSPS) is 12.0. The summed E-state index contributed by atoms with van der Waals surface area (Å²) in [6.45, 7) is 8.39. The molecule has 1 amide bonds. The lowest BCUT2D eigenvalue weighted by molar-refractivity contribution is -0.119. The predicted molar refractivity (Wildman–Crippen MR) is 118 cm³/mol. The van der Waals surface area contributed by atoms with Crippen LogP contribution < -0.4 is 14.8 Å². The van der Waals surface area contributed by atoms with Crippen molar-refractivity contribution in [2.24, 2.45) is 0 Å². The fourth-order valence-corrected chi connectivity index (χ4v) is 3.95. The van der Waals surface area contributed by atoms with Gasteiger partial charge in [0.05, 0.1) is 26.0 Å². The summed E-state index contributed by atoms with van der Waals surface area (Å²) >= 11 is 1.61. The maximum absolute atomic E-state index is 12.4. The Kier molecular flexibility index (Phi) is 8.24. The number of rotatable bonds is 9. The van der Waals surface area contributed by atoms with E-state index in [0.29, 0.717) is 11.7 Å². The third kappa shape index (κ3) is 5.93. The van der Waals surface area contributed by atoms with Crippen LogP contribution in [0.2, 0.25) is 0 Å². The van der Waals surface area contributed by atoms with Crippen LogP contribution in [0.4, 0.5) is 0 Å². The van der Waals surface area contributed by atoms with Gasteiger partial charge < -0.3 is 14.8 Å². The summed E-state index contributed by atoms with van der Waals surface area (Å²) in [5.41, 5.74) is 4.61. The fraction of sp³-hybridized carbons (Fsp3) is 0.435. The molecule has 2 aromatic carbocycles. The monoisotopic (exact) mass is 401 g/mol. The first kappa shape index (κ1) is 22.2. The molecule has 1 atom stereocenters. The van der Waals surface area contributed by atoms with E-state index in [-0.39, 0.29) is 11.9 Å². The quantitative estimate of drug-likeness (QED) is 0.624. The second-order valence-corrected chi connectivity index (χ2v) is 8.22. The molecule has 0 aliphatic rings. The van der Waals surface area contributed by atoms with Gasteiger partial charge in [-0.25, -0.2) is 0 Å². The zero-order valence-corrected chi connectivity index (χ0v) is 18.5. The van der Waals surface area contributed by atoms with Crippen LogP contribution in [0.1, 0.15) is 55.0 Å². The van der Waals surface area contributed by atoms with Gasteiger partial charge in [-0.05, 0) is 66.3 Å². The number of carbonyl (C=O) groups is 1. The van der Waals surface area contributed by atoms with Crippen molar-refractivity contribution < 1.29 is 14.3 Å². The van der Waals surface area contributed by atoms with Gasteiger partial charge in [0, 0.05) is 5.75 Å². The molecule has 0 bridgehead atoms. The average molecular weight is 402 g/mol. The van der Waals surface area contributed by atoms with Crippen molar-refractivity contribution in [1.29, 1.82) is 0 Å². The van der Waals surface area contributed by atoms with Crippen molar-refractivity contribution in [2.75, 3.05) is 20.0 Å². The zero-order valence-electron chi connectivity index (χ0n) is 17.7. The van der Waals surface area contributed by atoms with E-state index >= 15 is 0 Å². The zero-order chi connectivity index (χ0) is 20.7. The van der Waals surface area contributed by atoms with Gasteiger partial charge in [-0.2, -0.15) is 0 Å². The molecule has 0 radical (unpaired) electrons. The second kappa shape index (κ2) is 10.4. The van der Waals surface area contributed by atoms with E-state index in [9.17, 15) is 4.79 Å². The van der Waals surface area contributed by atoms with Crippen molar-refractivity contribution in [3.8, 4) is 11.5 Å². The topological polar surface area (TPSA) is 47.6 Å². The number of hydrogen-bond donors (Lipinski definition) is 1. The minimum absolute atomic E-state index is 0.0440. The van der Waals surface area contributed by atoms with E-state index in [1.165, 1.54) is 5.56 Å². The smallest absolute Gasteiger partial charge is 0.230 e. The number of nitrogens with one attached hydrogen (secondary N) is 1. The van der Waals surface area contributed by atoms with E-state index in [4.69, 9.17) is 9.47 Å². The van der Waals surface area contributed by atoms with Crippen molar-refractivity contribution in [3.63, 3.8) is 0 Å². The maximum atomic E-state index is 12.4. The number of carbonyl (C=O) groups excluding carboxylic acids is 1. The highest BCUT2D eigenvalue weighted by Crippen LogP contribution is 2.32. The number of methoxy groups -OCH3 is 2. The molecule has 152 valence electrons. The molecule has 0 fully saturated rings. The van der Waals surface area contributed by atoms with Gasteiger partial charge >= 0.3 is 0 Å². The van der Waals surface area contributed by atoms with E-state index in [1.54, 1.807) is 26.0 Å². The average Bonchev–Trinajstić information content (AvgIpc) is 2.67. The van der Waals surface area contributed by atoms with Gasteiger partial charge in [0.1, 0.15) is 11.5 Å². The third-order valence-electron chi connectivity index (χ3n) is 4.75. The minimum atomic E-state index is -0.0440. The van der Waals surface area contributed by atoms with Crippen LogP contribution in [-0.2, 0) is 10.5 Å². The van der Waals surface area contributed by atoms with Gasteiger partial charge in [-0.1, -0.05) is 26.0 Å². The van der Waals surface area contributed by atoms with Gasteiger partial charge in [0.15, 0.2) is 0 Å². The molecule has 0 heterocycles. The first-order chi connectivity index (χ1) is 13.3. The predicted octanol–water partition coefficient (Wildman–Crippen LogP) is 5.25. The Balaban J connectivity index is 1.93. The lowest BCUT2D eigenvalue weighted by atomic mass is 9.93. The highest BCUT2D eigenvalue weighted by Gasteiger charge is 2.16. The van der Waals surface area contributed by atoms with Crippen molar-refractivity contribution >= 4 is 17.7 Å². The Labute approximate surface area is 173 Å². The molecule has 0 aliphatic carbocycles. The van der Waals surface area contributed by atoms with Crippen LogP contribution in [0.5, 0.6) is 11.5 Å². The first-order valence-corrected chi connectivity index (χ1v) is 10.7. The summed E-state index contributed by atoms with van der Waals surface area (Å²) in [7, 11) is 3.36. The Morgan fingerprint density at radius 1 is 1.04 bits per heavy atom. The number of thioether (sulfide) groups is 1. The molecule has 0 aliphatic heterocycles. The van der Waals surface area contributed by atoms with Crippen LogP contribution in [0.15, 0.2) is 36.4 Å². The van der Waals surface area contributed by atoms with Crippen molar-refractivity contribution in [3.05, 3.63) is 58.7 Å². The Hall–Kier alpha value is -2.14. The van der Waals surface area contributed by atoms with Crippen molar-refractivity contribution in [2.45, 2.75) is 45.4 Å². The van der Waals surface area contributed by atoms with Gasteiger partial charge in [-0.15, -0.1) is 11.8 Å². The van der Waals surface area contributed by atoms with Gasteiger partial charge in [0.2, 0.25) is 5.91 Å². The first-order valence-electron chi connectivity index (χ1n) is 9.54. The van der Waals surface area contributed by atoms with Crippen LogP contribution >= 0.6 is 11.8 Å². The van der Waals surface area contributed by atoms with Crippen molar-refractivity contribution in [1.82, 2.24) is 5.32 Å². The lowest BCUT2D eigenvalue weighted by Crippen LogP contribution is -2.28. The largest absolute Gasteiger partial charge is 0.497 e. The summed E-state index contributed by atoms with van der Waals surface area (Å²) in [5.74, 6) is 3.39. The Morgan fingerprint density at radius 2 is 1.71 bits per heavy atom. The molecule has 28 heavy (non-hydrogen) atoms. The molecule has 0 saturated heterocycles. The van der Waals surface area contributed by atoms with Crippen LogP contribution in [0, 0.1) is 6.92 Å².